The fourth-order valence-corrected chi connectivity index (χ4v) is 0.474. The molecule has 0 aliphatic rings. The minimum atomic E-state index is 0.653. The molecule has 0 aliphatic carbocycles. The van der Waals surface area contributed by atoms with Crippen LogP contribution in [0, 0.1) is 0 Å². The van der Waals surface area contributed by atoms with Crippen LogP contribution in [0.15, 0.2) is 12.2 Å². The molecule has 0 fully saturated rings. The smallest absolute Gasteiger partial charge is 0.0404 e. The first kappa shape index (κ1) is 7.03. The monoisotopic (exact) mass is 118 g/mol. The molecule has 42 valence electrons. The van der Waals surface area contributed by atoms with Crippen molar-refractivity contribution < 1.29 is 0 Å². The molecule has 0 amide bonds. The van der Waals surface area contributed by atoms with E-state index in [9.17, 15) is 0 Å². The molecular formula is C6H11Cl. The number of unbranched alkanes of at least 4 members (excludes halogenated alkanes) is 1. The maximum absolute atomic E-state index is 5.35. The average Bonchev–Trinajstić information content (AvgIpc) is 1.69. The van der Waals surface area contributed by atoms with Gasteiger partial charge in [-0.2, -0.15) is 0 Å². The molecule has 0 atom stereocenters. The van der Waals surface area contributed by atoms with Crippen LogP contribution in [0.2, 0.25) is 0 Å². The van der Waals surface area contributed by atoms with Crippen LogP contribution in [-0.4, -0.2) is 5.88 Å². The van der Waals surface area contributed by atoms with Gasteiger partial charge in [-0.3, -0.25) is 0 Å². The Bertz CT molecular complexity index is 48.1. The van der Waals surface area contributed by atoms with Crippen molar-refractivity contribution in [3.8, 4) is 0 Å². The maximum atomic E-state index is 5.35. The van der Waals surface area contributed by atoms with Crippen molar-refractivity contribution in [2.75, 3.05) is 5.88 Å². The van der Waals surface area contributed by atoms with Crippen LogP contribution in [0.3, 0.4) is 0 Å². The Hall–Kier alpha value is 0.0300. The van der Waals surface area contributed by atoms with Crippen LogP contribution >= 0.6 is 11.6 Å². The highest BCUT2D eigenvalue weighted by atomic mass is 35.5. The highest BCUT2D eigenvalue weighted by Gasteiger charge is 1.68. The minimum absolute atomic E-state index is 0.653. The van der Waals surface area contributed by atoms with E-state index in [0.717, 1.165) is 6.42 Å². The Labute approximate surface area is 50.2 Å². The summed E-state index contributed by atoms with van der Waals surface area (Å²) in [6, 6.07) is 0. The summed E-state index contributed by atoms with van der Waals surface area (Å²) in [5.74, 6) is 0.653. The number of allylic oxidation sites excluding steroid dienone is 2. The molecule has 0 aromatic rings. The van der Waals surface area contributed by atoms with Gasteiger partial charge in [-0.15, -0.1) is 11.6 Å². The summed E-state index contributed by atoms with van der Waals surface area (Å²) in [6.07, 6.45) is 6.46. The Morgan fingerprint density at radius 2 is 2.14 bits per heavy atom. The fourth-order valence-electron chi connectivity index (χ4n) is 0.348. The van der Waals surface area contributed by atoms with Crippen LogP contribution in [0.5, 0.6) is 0 Å². The SMILES string of the molecule is CCC/C=C/CCl. The molecule has 0 saturated heterocycles. The average molecular weight is 119 g/mol. The third-order valence-electron chi connectivity index (χ3n) is 0.711. The van der Waals surface area contributed by atoms with E-state index in [-0.39, 0.29) is 0 Å². The van der Waals surface area contributed by atoms with Crippen molar-refractivity contribution in [1.82, 2.24) is 0 Å². The van der Waals surface area contributed by atoms with Gasteiger partial charge >= 0.3 is 0 Å². The third-order valence-corrected chi connectivity index (χ3v) is 0.889. The summed E-state index contributed by atoms with van der Waals surface area (Å²) in [6.45, 7) is 2.15. The van der Waals surface area contributed by atoms with Gasteiger partial charge in [0.25, 0.3) is 0 Å². The van der Waals surface area contributed by atoms with E-state index in [4.69, 9.17) is 11.6 Å². The zero-order valence-electron chi connectivity index (χ0n) is 4.65. The predicted molar refractivity (Wildman–Crippen MR) is 34.8 cm³/mol. The molecule has 1 heteroatoms. The van der Waals surface area contributed by atoms with Gasteiger partial charge in [-0.05, 0) is 6.42 Å². The molecule has 0 bridgehead atoms. The van der Waals surface area contributed by atoms with Gasteiger partial charge in [0.2, 0.25) is 0 Å². The van der Waals surface area contributed by atoms with E-state index in [1.165, 1.54) is 6.42 Å². The normalized spacial score (nSPS) is 10.6. The van der Waals surface area contributed by atoms with Crippen molar-refractivity contribution in [2.24, 2.45) is 0 Å². The zero-order chi connectivity index (χ0) is 5.54. The molecule has 0 heterocycles. The van der Waals surface area contributed by atoms with E-state index >= 15 is 0 Å². The zero-order valence-corrected chi connectivity index (χ0v) is 5.41. The minimum Gasteiger partial charge on any atom is -0.122 e. The van der Waals surface area contributed by atoms with Gasteiger partial charge in [0.1, 0.15) is 0 Å². The number of halogens is 1. The lowest BCUT2D eigenvalue weighted by molar-refractivity contribution is 0.957. The number of rotatable bonds is 3. The summed E-state index contributed by atoms with van der Waals surface area (Å²) in [5, 5.41) is 0. The highest BCUT2D eigenvalue weighted by Crippen LogP contribution is 1.88. The number of hydrogen-bond donors (Lipinski definition) is 0. The van der Waals surface area contributed by atoms with Gasteiger partial charge < -0.3 is 0 Å². The maximum Gasteiger partial charge on any atom is 0.0404 e. The van der Waals surface area contributed by atoms with Crippen LogP contribution in [-0.2, 0) is 0 Å². The second-order valence-corrected chi connectivity index (χ2v) is 1.72. The van der Waals surface area contributed by atoms with Crippen LogP contribution in [0.25, 0.3) is 0 Å². The number of hydrogen-bond acceptors (Lipinski definition) is 0. The van der Waals surface area contributed by atoms with Crippen molar-refractivity contribution in [2.45, 2.75) is 19.8 Å². The molecule has 0 saturated carbocycles. The molecule has 7 heavy (non-hydrogen) atoms. The second kappa shape index (κ2) is 6.03. The van der Waals surface area contributed by atoms with Crippen LogP contribution < -0.4 is 0 Å². The molecule has 0 aromatic heterocycles. The highest BCUT2D eigenvalue weighted by molar-refractivity contribution is 6.18. The first-order valence-electron chi connectivity index (χ1n) is 2.62. The quantitative estimate of drug-likeness (QED) is 0.395. The Kier molecular flexibility index (Phi) is 6.06. The second-order valence-electron chi connectivity index (χ2n) is 1.41. The number of alkyl halides is 1. The molecule has 0 N–H and O–H groups in total. The van der Waals surface area contributed by atoms with E-state index in [2.05, 4.69) is 13.0 Å². The Morgan fingerprint density at radius 1 is 1.43 bits per heavy atom. The summed E-state index contributed by atoms with van der Waals surface area (Å²) >= 11 is 5.35. The molecule has 0 rings (SSSR count). The summed E-state index contributed by atoms with van der Waals surface area (Å²) in [7, 11) is 0. The van der Waals surface area contributed by atoms with Crippen LogP contribution in [0.1, 0.15) is 19.8 Å². The van der Waals surface area contributed by atoms with E-state index in [0.29, 0.717) is 5.88 Å². The lowest BCUT2D eigenvalue weighted by Gasteiger charge is -1.78. The molecule has 0 nitrogen and oxygen atoms in total. The van der Waals surface area contributed by atoms with Crippen molar-refractivity contribution in [1.29, 1.82) is 0 Å². The van der Waals surface area contributed by atoms with Crippen LogP contribution in [0.4, 0.5) is 0 Å². The topological polar surface area (TPSA) is 0 Å². The Morgan fingerprint density at radius 3 is 2.57 bits per heavy atom. The van der Waals surface area contributed by atoms with E-state index < -0.39 is 0 Å². The summed E-state index contributed by atoms with van der Waals surface area (Å²) < 4.78 is 0. The molecular weight excluding hydrogens is 108 g/mol. The summed E-state index contributed by atoms with van der Waals surface area (Å²) in [5.41, 5.74) is 0. The lowest BCUT2D eigenvalue weighted by Crippen LogP contribution is -1.61. The van der Waals surface area contributed by atoms with E-state index in [1.54, 1.807) is 0 Å². The predicted octanol–water partition coefficient (Wildman–Crippen LogP) is 2.58. The first-order chi connectivity index (χ1) is 3.41. The molecule has 0 spiro atoms. The van der Waals surface area contributed by atoms with Crippen molar-refractivity contribution in [3.05, 3.63) is 12.2 Å². The molecule has 0 aliphatic heterocycles. The molecule has 0 unspecified atom stereocenters. The third kappa shape index (κ3) is 6.03. The largest absolute Gasteiger partial charge is 0.122 e. The van der Waals surface area contributed by atoms with Gasteiger partial charge in [0.15, 0.2) is 0 Å². The summed E-state index contributed by atoms with van der Waals surface area (Å²) in [4.78, 5) is 0. The lowest BCUT2D eigenvalue weighted by atomic mass is 10.3. The van der Waals surface area contributed by atoms with Gasteiger partial charge in [-0.1, -0.05) is 25.5 Å². The van der Waals surface area contributed by atoms with Gasteiger partial charge in [0, 0.05) is 5.88 Å². The van der Waals surface area contributed by atoms with Crippen molar-refractivity contribution in [3.63, 3.8) is 0 Å². The van der Waals surface area contributed by atoms with Crippen molar-refractivity contribution >= 4 is 11.6 Å². The van der Waals surface area contributed by atoms with Gasteiger partial charge in [-0.25, -0.2) is 0 Å². The fraction of sp³-hybridized carbons (Fsp3) is 0.667. The van der Waals surface area contributed by atoms with E-state index in [1.807, 2.05) is 6.08 Å². The Balaban J connectivity index is 2.78. The first-order valence-corrected chi connectivity index (χ1v) is 3.16. The van der Waals surface area contributed by atoms with Gasteiger partial charge in [0.05, 0.1) is 0 Å². The molecule has 0 aromatic carbocycles. The molecule has 0 radical (unpaired) electrons. The standard InChI is InChI=1S/C6H11Cl/c1-2-3-4-5-6-7/h4-5H,2-3,6H2,1H3/b5-4+.